The summed E-state index contributed by atoms with van der Waals surface area (Å²) in [6, 6.07) is 13.4. The molecule has 0 saturated heterocycles. The first kappa shape index (κ1) is 23.1. The molecule has 0 aliphatic heterocycles. The fourth-order valence-corrected chi connectivity index (χ4v) is 5.51. The molecule has 0 atom stereocenters. The summed E-state index contributed by atoms with van der Waals surface area (Å²) in [4.78, 5) is 13.6. The highest BCUT2D eigenvalue weighted by Gasteiger charge is 2.14. The average molecular weight is 573 g/mol. The smallest absolute Gasteiger partial charge is 0.309 e. The van der Waals surface area contributed by atoms with Crippen molar-refractivity contribution in [2.45, 2.75) is 22.6 Å². The maximum atomic E-state index is 11.6. The Kier molecular flexibility index (Phi) is 8.16. The fraction of sp³-hybridized carbons (Fsp3) is 0.190. The first-order valence-corrected chi connectivity index (χ1v) is 11.5. The SMILES string of the molecule is COC(=O)Cc1cc(Br)c(Sc2ccc(OC)c(Cc3ccc(Cl)nn3)c2)c(Br)c1. The molecule has 0 aliphatic carbocycles. The van der Waals surface area contributed by atoms with E-state index >= 15 is 0 Å². The van der Waals surface area contributed by atoms with Crippen LogP contribution in [0.15, 0.2) is 61.2 Å². The van der Waals surface area contributed by atoms with Gasteiger partial charge in [-0.3, -0.25) is 4.79 Å². The van der Waals surface area contributed by atoms with Gasteiger partial charge in [-0.2, -0.15) is 5.10 Å². The highest BCUT2D eigenvalue weighted by molar-refractivity contribution is 9.11. The standard InChI is InChI=1S/C21H17Br2ClN2O3S/c1-28-18-5-4-15(11-13(18)10-14-3-6-19(24)26-25-14)30-21-16(22)7-12(8-17(21)23)9-20(27)29-2/h3-8,11H,9-10H2,1-2H3. The number of hydrogen-bond acceptors (Lipinski definition) is 6. The number of ether oxygens (including phenoxy) is 2. The van der Waals surface area contributed by atoms with Gasteiger partial charge in [0.15, 0.2) is 5.15 Å². The van der Waals surface area contributed by atoms with Gasteiger partial charge in [0, 0.05) is 30.7 Å². The quantitative estimate of drug-likeness (QED) is 0.318. The Morgan fingerprint density at radius 1 is 1.07 bits per heavy atom. The first-order chi connectivity index (χ1) is 14.4. The number of hydrogen-bond donors (Lipinski definition) is 0. The van der Waals surface area contributed by atoms with Gasteiger partial charge in [-0.25, -0.2) is 0 Å². The molecule has 156 valence electrons. The van der Waals surface area contributed by atoms with E-state index < -0.39 is 0 Å². The van der Waals surface area contributed by atoms with E-state index in [-0.39, 0.29) is 12.4 Å². The van der Waals surface area contributed by atoms with Crippen LogP contribution < -0.4 is 4.74 Å². The molecule has 3 aromatic rings. The van der Waals surface area contributed by atoms with Crippen molar-refractivity contribution in [3.05, 3.63) is 73.4 Å². The van der Waals surface area contributed by atoms with Crippen molar-refractivity contribution in [1.29, 1.82) is 0 Å². The van der Waals surface area contributed by atoms with E-state index in [2.05, 4.69) is 48.1 Å². The Hall–Kier alpha value is -1.61. The van der Waals surface area contributed by atoms with E-state index in [9.17, 15) is 4.79 Å². The Morgan fingerprint density at radius 2 is 1.80 bits per heavy atom. The van der Waals surface area contributed by atoms with Gasteiger partial charge in [0.25, 0.3) is 0 Å². The molecule has 0 amide bonds. The normalized spacial score (nSPS) is 10.7. The van der Waals surface area contributed by atoms with Gasteiger partial charge in [-0.05, 0) is 79.9 Å². The zero-order chi connectivity index (χ0) is 21.7. The summed E-state index contributed by atoms with van der Waals surface area (Å²) in [5.74, 6) is 0.502. The summed E-state index contributed by atoms with van der Waals surface area (Å²) < 4.78 is 12.0. The van der Waals surface area contributed by atoms with Crippen LogP contribution in [0.5, 0.6) is 5.75 Å². The van der Waals surface area contributed by atoms with E-state index in [1.54, 1.807) is 24.9 Å². The van der Waals surface area contributed by atoms with Crippen LogP contribution >= 0.6 is 55.2 Å². The molecular weight excluding hydrogens is 556 g/mol. The molecule has 1 heterocycles. The first-order valence-electron chi connectivity index (χ1n) is 8.77. The van der Waals surface area contributed by atoms with Gasteiger partial charge >= 0.3 is 5.97 Å². The van der Waals surface area contributed by atoms with Gasteiger partial charge < -0.3 is 9.47 Å². The molecule has 9 heteroatoms. The fourth-order valence-electron chi connectivity index (χ4n) is 2.76. The molecule has 0 unspecified atom stereocenters. The van der Waals surface area contributed by atoms with Gasteiger partial charge in [0.05, 0.1) is 26.3 Å². The van der Waals surface area contributed by atoms with E-state index in [0.717, 1.165) is 41.3 Å². The molecule has 0 saturated carbocycles. The molecule has 0 aliphatic rings. The molecule has 2 aromatic carbocycles. The summed E-state index contributed by atoms with van der Waals surface area (Å²) in [5.41, 5.74) is 2.66. The monoisotopic (exact) mass is 570 g/mol. The minimum Gasteiger partial charge on any atom is -0.496 e. The molecule has 0 fully saturated rings. The highest BCUT2D eigenvalue weighted by atomic mass is 79.9. The topological polar surface area (TPSA) is 61.3 Å². The zero-order valence-corrected chi connectivity index (χ0v) is 20.9. The van der Waals surface area contributed by atoms with Crippen molar-refractivity contribution in [2.75, 3.05) is 14.2 Å². The number of carbonyl (C=O) groups excluding carboxylic acids is 1. The predicted octanol–water partition coefficient (Wildman–Crippen LogP) is 6.12. The van der Waals surface area contributed by atoms with E-state index in [4.69, 9.17) is 21.1 Å². The molecule has 0 N–H and O–H groups in total. The van der Waals surface area contributed by atoms with Gasteiger partial charge in [-0.15, -0.1) is 5.10 Å². The maximum absolute atomic E-state index is 11.6. The Bertz CT molecular complexity index is 1040. The third-order valence-electron chi connectivity index (χ3n) is 4.16. The third kappa shape index (κ3) is 5.97. The van der Waals surface area contributed by atoms with E-state index in [0.29, 0.717) is 11.6 Å². The lowest BCUT2D eigenvalue weighted by Crippen LogP contribution is -2.04. The Labute approximate surface area is 200 Å². The lowest BCUT2D eigenvalue weighted by atomic mass is 10.1. The van der Waals surface area contributed by atoms with Crippen LogP contribution in [0.4, 0.5) is 0 Å². The van der Waals surface area contributed by atoms with Crippen LogP contribution in [0.2, 0.25) is 5.15 Å². The number of halogens is 3. The van der Waals surface area contributed by atoms with Crippen LogP contribution in [0.25, 0.3) is 0 Å². The summed E-state index contributed by atoms with van der Waals surface area (Å²) >= 11 is 14.7. The number of carbonyl (C=O) groups is 1. The average Bonchev–Trinajstić information content (AvgIpc) is 2.72. The van der Waals surface area contributed by atoms with Gasteiger partial charge in [0.1, 0.15) is 5.75 Å². The second kappa shape index (κ2) is 10.6. The molecule has 5 nitrogen and oxygen atoms in total. The van der Waals surface area contributed by atoms with Crippen LogP contribution in [0, 0.1) is 0 Å². The summed E-state index contributed by atoms with van der Waals surface area (Å²) in [5, 5.41) is 8.40. The lowest BCUT2D eigenvalue weighted by Gasteiger charge is -2.13. The summed E-state index contributed by atoms with van der Waals surface area (Å²) in [6.45, 7) is 0. The predicted molar refractivity (Wildman–Crippen MR) is 125 cm³/mol. The third-order valence-corrected chi connectivity index (χ3v) is 7.28. The van der Waals surface area contributed by atoms with Crippen molar-refractivity contribution in [3.63, 3.8) is 0 Å². The molecule has 1 aromatic heterocycles. The molecule has 30 heavy (non-hydrogen) atoms. The molecule has 3 rings (SSSR count). The van der Waals surface area contributed by atoms with Crippen molar-refractivity contribution in [2.24, 2.45) is 0 Å². The Balaban J connectivity index is 1.86. The Morgan fingerprint density at radius 3 is 2.40 bits per heavy atom. The largest absolute Gasteiger partial charge is 0.496 e. The number of benzene rings is 2. The molecule has 0 spiro atoms. The lowest BCUT2D eigenvalue weighted by molar-refractivity contribution is -0.139. The molecular formula is C21H17Br2ClN2O3S. The number of aromatic nitrogens is 2. The minimum absolute atomic E-state index is 0.216. The van der Waals surface area contributed by atoms with Crippen molar-refractivity contribution in [3.8, 4) is 5.75 Å². The number of nitrogens with zero attached hydrogens (tertiary/aromatic N) is 2. The van der Waals surface area contributed by atoms with Crippen molar-refractivity contribution >= 4 is 61.2 Å². The molecule has 0 bridgehead atoms. The van der Waals surface area contributed by atoms with Crippen LogP contribution in [0.3, 0.4) is 0 Å². The minimum atomic E-state index is -0.278. The van der Waals surface area contributed by atoms with E-state index in [1.165, 1.54) is 7.11 Å². The summed E-state index contributed by atoms with van der Waals surface area (Å²) in [7, 11) is 3.03. The van der Waals surface area contributed by atoms with Crippen LogP contribution in [-0.4, -0.2) is 30.4 Å². The van der Waals surface area contributed by atoms with E-state index in [1.807, 2.05) is 30.3 Å². The van der Waals surface area contributed by atoms with Gasteiger partial charge in [-0.1, -0.05) is 23.4 Å². The van der Waals surface area contributed by atoms with Crippen LogP contribution in [-0.2, 0) is 22.4 Å². The van der Waals surface area contributed by atoms with Gasteiger partial charge in [0.2, 0.25) is 0 Å². The molecule has 0 radical (unpaired) electrons. The number of esters is 1. The van der Waals surface area contributed by atoms with Crippen molar-refractivity contribution < 1.29 is 14.3 Å². The maximum Gasteiger partial charge on any atom is 0.309 e. The zero-order valence-electron chi connectivity index (χ0n) is 16.1. The van der Waals surface area contributed by atoms with Crippen LogP contribution in [0.1, 0.15) is 16.8 Å². The number of rotatable bonds is 7. The van der Waals surface area contributed by atoms with Crippen molar-refractivity contribution in [1.82, 2.24) is 10.2 Å². The second-order valence-corrected chi connectivity index (χ2v) is 9.42. The number of methoxy groups -OCH3 is 2. The second-order valence-electron chi connectivity index (χ2n) is 6.24. The highest BCUT2D eigenvalue weighted by Crippen LogP contribution is 2.41. The summed E-state index contributed by atoms with van der Waals surface area (Å²) in [6.07, 6.45) is 0.787.